The van der Waals surface area contributed by atoms with E-state index in [1.807, 2.05) is 24.3 Å². The van der Waals surface area contributed by atoms with Gasteiger partial charge in [0.15, 0.2) is 0 Å². The molecule has 1 aromatic rings. The van der Waals surface area contributed by atoms with E-state index >= 15 is 0 Å². The van der Waals surface area contributed by atoms with E-state index in [4.69, 9.17) is 4.74 Å². The Hall–Kier alpha value is -1.55. The normalized spacial score (nSPS) is 12.3. The Morgan fingerprint density at radius 3 is 2.33 bits per heavy atom. The van der Waals surface area contributed by atoms with E-state index < -0.39 is 0 Å². The van der Waals surface area contributed by atoms with Crippen LogP contribution in [-0.4, -0.2) is 26.6 Å². The molecule has 0 bridgehead atoms. The van der Waals surface area contributed by atoms with Crippen molar-refractivity contribution in [2.75, 3.05) is 20.7 Å². The minimum absolute atomic E-state index is 0.00650. The number of ether oxygens (including phenoxy) is 1. The first-order chi connectivity index (χ1) is 8.58. The van der Waals surface area contributed by atoms with E-state index in [0.29, 0.717) is 12.5 Å². The zero-order valence-electron chi connectivity index (χ0n) is 11.5. The maximum atomic E-state index is 11.7. The lowest BCUT2D eigenvalue weighted by molar-refractivity contribution is -0.121. The van der Waals surface area contributed by atoms with E-state index in [1.54, 1.807) is 14.2 Å². The molecule has 1 atom stereocenters. The fraction of sp³-hybridized carbons (Fsp3) is 0.500. The van der Waals surface area contributed by atoms with Crippen molar-refractivity contribution >= 4 is 5.91 Å². The van der Waals surface area contributed by atoms with Crippen LogP contribution in [-0.2, 0) is 4.79 Å². The number of hydrogen-bond donors (Lipinski definition) is 2. The Morgan fingerprint density at radius 2 is 1.89 bits per heavy atom. The van der Waals surface area contributed by atoms with Crippen LogP contribution in [0.2, 0.25) is 0 Å². The van der Waals surface area contributed by atoms with Crippen LogP contribution in [0.25, 0.3) is 0 Å². The molecule has 1 amide bonds. The number of benzene rings is 1. The maximum Gasteiger partial charge on any atom is 0.234 e. The fourth-order valence-electron chi connectivity index (χ4n) is 1.83. The predicted molar refractivity (Wildman–Crippen MR) is 72.6 cm³/mol. The SMILES string of the molecule is CNCC(=O)NC(c1ccc(OC)cc1)C(C)C. The summed E-state index contributed by atoms with van der Waals surface area (Å²) >= 11 is 0. The van der Waals surface area contributed by atoms with Crippen molar-refractivity contribution in [1.29, 1.82) is 0 Å². The van der Waals surface area contributed by atoms with Crippen LogP contribution in [0.3, 0.4) is 0 Å². The Labute approximate surface area is 109 Å². The standard InChI is InChI=1S/C14H22N2O2/c1-10(2)14(16-13(17)9-15-3)11-5-7-12(18-4)8-6-11/h5-8,10,14-15H,9H2,1-4H3,(H,16,17). The summed E-state index contributed by atoms with van der Waals surface area (Å²) < 4.78 is 5.13. The summed E-state index contributed by atoms with van der Waals surface area (Å²) in [5.41, 5.74) is 1.09. The Kier molecular flexibility index (Phi) is 5.65. The fourth-order valence-corrected chi connectivity index (χ4v) is 1.83. The number of rotatable bonds is 6. The lowest BCUT2D eigenvalue weighted by Crippen LogP contribution is -2.37. The van der Waals surface area contributed by atoms with Gasteiger partial charge in [-0.3, -0.25) is 4.79 Å². The molecule has 4 heteroatoms. The topological polar surface area (TPSA) is 50.4 Å². The minimum Gasteiger partial charge on any atom is -0.497 e. The molecule has 0 aromatic heterocycles. The third-order valence-electron chi connectivity index (χ3n) is 2.80. The molecule has 0 heterocycles. The van der Waals surface area contributed by atoms with Gasteiger partial charge in [0.25, 0.3) is 0 Å². The number of likely N-dealkylation sites (N-methyl/N-ethyl adjacent to an activating group) is 1. The van der Waals surface area contributed by atoms with Crippen LogP contribution < -0.4 is 15.4 Å². The molecule has 1 aromatic carbocycles. The highest BCUT2D eigenvalue weighted by Crippen LogP contribution is 2.23. The highest BCUT2D eigenvalue weighted by atomic mass is 16.5. The van der Waals surface area contributed by atoms with Crippen molar-refractivity contribution in [3.05, 3.63) is 29.8 Å². The van der Waals surface area contributed by atoms with Crippen molar-refractivity contribution in [2.45, 2.75) is 19.9 Å². The molecule has 100 valence electrons. The summed E-state index contributed by atoms with van der Waals surface area (Å²) in [6.07, 6.45) is 0. The molecule has 0 aliphatic heterocycles. The van der Waals surface area contributed by atoms with Crippen LogP contribution in [0, 0.1) is 5.92 Å². The molecular weight excluding hydrogens is 228 g/mol. The second kappa shape index (κ2) is 7.01. The molecule has 1 unspecified atom stereocenters. The molecule has 0 aliphatic carbocycles. The zero-order valence-corrected chi connectivity index (χ0v) is 11.5. The highest BCUT2D eigenvalue weighted by Gasteiger charge is 2.17. The maximum absolute atomic E-state index is 11.7. The summed E-state index contributed by atoms with van der Waals surface area (Å²) in [6.45, 7) is 4.52. The summed E-state index contributed by atoms with van der Waals surface area (Å²) in [4.78, 5) is 11.7. The lowest BCUT2D eigenvalue weighted by atomic mass is 9.96. The van der Waals surface area contributed by atoms with E-state index in [-0.39, 0.29) is 11.9 Å². The van der Waals surface area contributed by atoms with Crippen LogP contribution in [0.5, 0.6) is 5.75 Å². The second-order valence-corrected chi connectivity index (χ2v) is 4.59. The van der Waals surface area contributed by atoms with E-state index in [9.17, 15) is 4.79 Å². The minimum atomic E-state index is 0.00650. The first kappa shape index (κ1) is 14.5. The summed E-state index contributed by atoms with van der Waals surface area (Å²) in [5, 5.41) is 5.88. The van der Waals surface area contributed by atoms with Crippen molar-refractivity contribution in [3.63, 3.8) is 0 Å². The molecule has 2 N–H and O–H groups in total. The van der Waals surface area contributed by atoms with Gasteiger partial charge in [0.05, 0.1) is 19.7 Å². The molecule has 1 rings (SSSR count). The van der Waals surface area contributed by atoms with Gasteiger partial charge < -0.3 is 15.4 Å². The van der Waals surface area contributed by atoms with Gasteiger partial charge in [-0.05, 0) is 30.7 Å². The van der Waals surface area contributed by atoms with Crippen LogP contribution in [0.15, 0.2) is 24.3 Å². The molecule has 0 saturated carbocycles. The molecule has 0 spiro atoms. The number of carbonyl (C=O) groups excluding carboxylic acids is 1. The monoisotopic (exact) mass is 250 g/mol. The number of carbonyl (C=O) groups is 1. The Morgan fingerprint density at radius 1 is 1.28 bits per heavy atom. The summed E-state index contributed by atoms with van der Waals surface area (Å²) in [7, 11) is 3.40. The summed E-state index contributed by atoms with van der Waals surface area (Å²) in [6, 6.07) is 7.83. The average molecular weight is 250 g/mol. The van der Waals surface area contributed by atoms with Gasteiger partial charge in [0.2, 0.25) is 5.91 Å². The zero-order chi connectivity index (χ0) is 13.5. The number of methoxy groups -OCH3 is 1. The molecule has 0 aliphatic rings. The molecule has 0 fully saturated rings. The average Bonchev–Trinajstić information content (AvgIpc) is 2.36. The molecule has 18 heavy (non-hydrogen) atoms. The van der Waals surface area contributed by atoms with Gasteiger partial charge in [-0.25, -0.2) is 0 Å². The van der Waals surface area contributed by atoms with Crippen molar-refractivity contribution in [3.8, 4) is 5.75 Å². The van der Waals surface area contributed by atoms with Gasteiger partial charge in [-0.2, -0.15) is 0 Å². The summed E-state index contributed by atoms with van der Waals surface area (Å²) in [5.74, 6) is 1.16. The number of amides is 1. The van der Waals surface area contributed by atoms with Gasteiger partial charge >= 0.3 is 0 Å². The molecule has 0 saturated heterocycles. The van der Waals surface area contributed by atoms with Gasteiger partial charge in [0.1, 0.15) is 5.75 Å². The van der Waals surface area contributed by atoms with Crippen LogP contribution >= 0.6 is 0 Å². The molecule has 4 nitrogen and oxygen atoms in total. The third kappa shape index (κ3) is 4.04. The third-order valence-corrected chi connectivity index (χ3v) is 2.80. The van der Waals surface area contributed by atoms with E-state index in [1.165, 1.54) is 0 Å². The Bertz CT molecular complexity index is 374. The first-order valence-corrected chi connectivity index (χ1v) is 6.16. The predicted octanol–water partition coefficient (Wildman–Crippen LogP) is 1.73. The van der Waals surface area contributed by atoms with Crippen LogP contribution in [0.4, 0.5) is 0 Å². The van der Waals surface area contributed by atoms with Gasteiger partial charge in [-0.15, -0.1) is 0 Å². The van der Waals surface area contributed by atoms with Gasteiger partial charge in [0, 0.05) is 0 Å². The molecule has 0 radical (unpaired) electrons. The Balaban J connectivity index is 2.80. The largest absolute Gasteiger partial charge is 0.497 e. The quantitative estimate of drug-likeness (QED) is 0.808. The van der Waals surface area contributed by atoms with E-state index in [0.717, 1.165) is 11.3 Å². The first-order valence-electron chi connectivity index (χ1n) is 6.16. The van der Waals surface area contributed by atoms with Crippen molar-refractivity contribution < 1.29 is 9.53 Å². The van der Waals surface area contributed by atoms with Crippen molar-refractivity contribution in [1.82, 2.24) is 10.6 Å². The van der Waals surface area contributed by atoms with E-state index in [2.05, 4.69) is 24.5 Å². The number of hydrogen-bond acceptors (Lipinski definition) is 3. The highest BCUT2D eigenvalue weighted by molar-refractivity contribution is 5.78. The van der Waals surface area contributed by atoms with Gasteiger partial charge in [-0.1, -0.05) is 26.0 Å². The van der Waals surface area contributed by atoms with Crippen molar-refractivity contribution in [2.24, 2.45) is 5.92 Å². The molecular formula is C14H22N2O2. The second-order valence-electron chi connectivity index (χ2n) is 4.59. The van der Waals surface area contributed by atoms with Crippen LogP contribution in [0.1, 0.15) is 25.5 Å². The lowest BCUT2D eigenvalue weighted by Gasteiger charge is -2.23. The number of nitrogens with one attached hydrogen (secondary N) is 2. The smallest absolute Gasteiger partial charge is 0.234 e.